The number of benzene rings is 1. The van der Waals surface area contributed by atoms with Crippen LogP contribution in [-0.2, 0) is 0 Å². The van der Waals surface area contributed by atoms with Crippen LogP contribution in [0.2, 0.25) is 0 Å². The van der Waals surface area contributed by atoms with E-state index in [-0.39, 0.29) is 0 Å². The molecule has 0 saturated heterocycles. The molecule has 20 heavy (non-hydrogen) atoms. The number of hydrogen-bond acceptors (Lipinski definition) is 4. The number of nitrogens with one attached hydrogen (secondary N) is 1. The van der Waals surface area contributed by atoms with Crippen molar-refractivity contribution in [2.45, 2.75) is 39.0 Å². The van der Waals surface area contributed by atoms with Gasteiger partial charge in [0.25, 0.3) is 0 Å². The molecule has 3 rings (SSSR count). The van der Waals surface area contributed by atoms with Crippen molar-refractivity contribution in [1.82, 2.24) is 15.2 Å². The van der Waals surface area contributed by atoms with Crippen LogP contribution in [0, 0.1) is 11.8 Å². The van der Waals surface area contributed by atoms with Gasteiger partial charge in [0.1, 0.15) is 5.52 Å². The fourth-order valence-corrected chi connectivity index (χ4v) is 3.17. The molecule has 0 amide bonds. The standard InChI is InChI=1S/C16H22N4/c1-12-5-4-6-13(11-12)9-10-17-16-18-14-7-2-3-8-15(14)19-20-16/h2-3,7-8,12-13H,4-6,9-11H2,1H3,(H,17,18,20). The Morgan fingerprint density at radius 3 is 2.85 bits per heavy atom. The Labute approximate surface area is 120 Å². The van der Waals surface area contributed by atoms with Crippen LogP contribution in [0.1, 0.15) is 39.0 Å². The summed E-state index contributed by atoms with van der Waals surface area (Å²) in [7, 11) is 0. The number of hydrogen-bond donors (Lipinski definition) is 1. The number of rotatable bonds is 4. The summed E-state index contributed by atoms with van der Waals surface area (Å²) < 4.78 is 0. The Balaban J connectivity index is 1.54. The quantitative estimate of drug-likeness (QED) is 0.921. The smallest absolute Gasteiger partial charge is 0.243 e. The lowest BCUT2D eigenvalue weighted by Crippen LogP contribution is -2.17. The zero-order valence-corrected chi connectivity index (χ0v) is 12.0. The normalized spacial score (nSPS) is 22.9. The molecule has 4 heteroatoms. The van der Waals surface area contributed by atoms with Gasteiger partial charge >= 0.3 is 0 Å². The van der Waals surface area contributed by atoms with Crippen molar-refractivity contribution in [3.8, 4) is 0 Å². The molecule has 1 aliphatic carbocycles. The van der Waals surface area contributed by atoms with Crippen LogP contribution in [0.15, 0.2) is 24.3 Å². The second-order valence-electron chi connectivity index (χ2n) is 5.98. The number of fused-ring (bicyclic) bond motifs is 1. The van der Waals surface area contributed by atoms with Gasteiger partial charge in [-0.1, -0.05) is 38.3 Å². The predicted molar refractivity (Wildman–Crippen MR) is 81.6 cm³/mol. The molecule has 2 aromatic rings. The maximum atomic E-state index is 4.49. The lowest BCUT2D eigenvalue weighted by atomic mass is 9.81. The highest BCUT2D eigenvalue weighted by molar-refractivity contribution is 5.73. The molecule has 0 bridgehead atoms. The number of anilines is 1. The third kappa shape index (κ3) is 3.24. The second kappa shape index (κ2) is 6.16. The Morgan fingerprint density at radius 2 is 2.00 bits per heavy atom. The molecular weight excluding hydrogens is 248 g/mol. The second-order valence-corrected chi connectivity index (χ2v) is 5.98. The monoisotopic (exact) mass is 270 g/mol. The first-order chi connectivity index (χ1) is 9.81. The van der Waals surface area contributed by atoms with Gasteiger partial charge in [-0.2, -0.15) is 0 Å². The average Bonchev–Trinajstić information content (AvgIpc) is 2.47. The zero-order chi connectivity index (χ0) is 13.8. The van der Waals surface area contributed by atoms with E-state index >= 15 is 0 Å². The van der Waals surface area contributed by atoms with E-state index in [9.17, 15) is 0 Å². The van der Waals surface area contributed by atoms with Crippen LogP contribution < -0.4 is 5.32 Å². The van der Waals surface area contributed by atoms with Gasteiger partial charge in [-0.15, -0.1) is 10.2 Å². The highest BCUT2D eigenvalue weighted by Crippen LogP contribution is 2.30. The van der Waals surface area contributed by atoms with E-state index < -0.39 is 0 Å². The zero-order valence-electron chi connectivity index (χ0n) is 12.0. The Hall–Kier alpha value is -1.71. The van der Waals surface area contributed by atoms with Crippen molar-refractivity contribution in [2.75, 3.05) is 11.9 Å². The molecule has 106 valence electrons. The first-order valence-corrected chi connectivity index (χ1v) is 7.64. The molecule has 1 saturated carbocycles. The summed E-state index contributed by atoms with van der Waals surface area (Å²) in [5.74, 6) is 2.40. The summed E-state index contributed by atoms with van der Waals surface area (Å²) >= 11 is 0. The summed E-state index contributed by atoms with van der Waals surface area (Å²) in [6.45, 7) is 3.31. The van der Waals surface area contributed by atoms with Gasteiger partial charge in [0.2, 0.25) is 5.95 Å². The fourth-order valence-electron chi connectivity index (χ4n) is 3.17. The number of nitrogens with zero attached hydrogens (tertiary/aromatic N) is 3. The van der Waals surface area contributed by atoms with Gasteiger partial charge in [0, 0.05) is 6.54 Å². The lowest BCUT2D eigenvalue weighted by molar-refractivity contribution is 0.274. The van der Waals surface area contributed by atoms with Crippen LogP contribution in [0.4, 0.5) is 5.95 Å². The minimum absolute atomic E-state index is 0.646. The molecule has 4 nitrogen and oxygen atoms in total. The van der Waals surface area contributed by atoms with E-state index in [4.69, 9.17) is 0 Å². The fraction of sp³-hybridized carbons (Fsp3) is 0.562. The molecular formula is C16H22N4. The van der Waals surface area contributed by atoms with Crippen LogP contribution in [0.5, 0.6) is 0 Å². The molecule has 0 aliphatic heterocycles. The molecule has 1 N–H and O–H groups in total. The van der Waals surface area contributed by atoms with Crippen molar-refractivity contribution in [3.05, 3.63) is 24.3 Å². The van der Waals surface area contributed by atoms with E-state index in [1.165, 1.54) is 32.1 Å². The van der Waals surface area contributed by atoms with Gasteiger partial charge in [-0.3, -0.25) is 0 Å². The van der Waals surface area contributed by atoms with Gasteiger partial charge in [-0.05, 0) is 36.8 Å². The van der Waals surface area contributed by atoms with Crippen molar-refractivity contribution in [2.24, 2.45) is 11.8 Å². The van der Waals surface area contributed by atoms with E-state index in [2.05, 4.69) is 27.4 Å². The molecule has 1 aromatic carbocycles. The van der Waals surface area contributed by atoms with Crippen LogP contribution in [-0.4, -0.2) is 21.7 Å². The highest BCUT2D eigenvalue weighted by Gasteiger charge is 2.18. The molecule has 2 unspecified atom stereocenters. The van der Waals surface area contributed by atoms with Gasteiger partial charge in [0.05, 0.1) is 5.52 Å². The van der Waals surface area contributed by atoms with Gasteiger partial charge in [0.15, 0.2) is 0 Å². The third-order valence-corrected chi connectivity index (χ3v) is 4.24. The van der Waals surface area contributed by atoms with E-state index in [1.807, 2.05) is 24.3 Å². The van der Waals surface area contributed by atoms with Crippen LogP contribution in [0.25, 0.3) is 11.0 Å². The molecule has 2 atom stereocenters. The summed E-state index contributed by atoms with van der Waals surface area (Å²) in [5, 5.41) is 11.6. The minimum atomic E-state index is 0.646. The van der Waals surface area contributed by atoms with E-state index in [0.29, 0.717) is 5.95 Å². The van der Waals surface area contributed by atoms with Crippen LogP contribution >= 0.6 is 0 Å². The SMILES string of the molecule is CC1CCCC(CCNc2nnc3ccccc3n2)C1. The lowest BCUT2D eigenvalue weighted by Gasteiger charge is -2.26. The van der Waals surface area contributed by atoms with Crippen molar-refractivity contribution < 1.29 is 0 Å². The Kier molecular flexibility index (Phi) is 4.09. The summed E-state index contributed by atoms with van der Waals surface area (Å²) in [5.41, 5.74) is 1.75. The molecule has 1 heterocycles. The topological polar surface area (TPSA) is 50.7 Å². The highest BCUT2D eigenvalue weighted by atomic mass is 15.2. The predicted octanol–water partition coefficient (Wildman–Crippen LogP) is 3.65. The molecule has 1 fully saturated rings. The average molecular weight is 270 g/mol. The largest absolute Gasteiger partial charge is 0.353 e. The first-order valence-electron chi connectivity index (χ1n) is 7.64. The van der Waals surface area contributed by atoms with E-state index in [1.54, 1.807) is 0 Å². The third-order valence-electron chi connectivity index (χ3n) is 4.24. The maximum absolute atomic E-state index is 4.49. The number of aromatic nitrogens is 3. The molecule has 1 aromatic heterocycles. The van der Waals surface area contributed by atoms with Gasteiger partial charge < -0.3 is 5.32 Å². The van der Waals surface area contributed by atoms with Crippen molar-refractivity contribution >= 4 is 17.0 Å². The van der Waals surface area contributed by atoms with Gasteiger partial charge in [-0.25, -0.2) is 4.98 Å². The number of para-hydroxylation sites is 1. The Bertz CT molecular complexity index is 569. The van der Waals surface area contributed by atoms with E-state index in [0.717, 1.165) is 29.4 Å². The molecule has 0 spiro atoms. The molecule has 1 aliphatic rings. The molecule has 0 radical (unpaired) electrons. The summed E-state index contributed by atoms with van der Waals surface area (Å²) in [6, 6.07) is 7.83. The van der Waals surface area contributed by atoms with Crippen LogP contribution in [0.3, 0.4) is 0 Å². The minimum Gasteiger partial charge on any atom is -0.353 e. The summed E-state index contributed by atoms with van der Waals surface area (Å²) in [4.78, 5) is 4.49. The van der Waals surface area contributed by atoms with Crippen molar-refractivity contribution in [1.29, 1.82) is 0 Å². The van der Waals surface area contributed by atoms with Crippen molar-refractivity contribution in [3.63, 3.8) is 0 Å². The maximum Gasteiger partial charge on any atom is 0.243 e. The first kappa shape index (κ1) is 13.3. The summed E-state index contributed by atoms with van der Waals surface area (Å²) in [6.07, 6.45) is 6.75. The Morgan fingerprint density at radius 1 is 1.15 bits per heavy atom.